The number of carbonyl (C=O) groups is 1. The molecule has 18 heavy (non-hydrogen) atoms. The topological polar surface area (TPSA) is 60.4 Å². The lowest BCUT2D eigenvalue weighted by molar-refractivity contribution is -0.144. The minimum absolute atomic E-state index is 0.137. The molecule has 0 N–H and O–H groups in total. The number of carbonyl (C=O) groups excluding carboxylic acids is 1. The average Bonchev–Trinajstić information content (AvgIpc) is 2.13. The van der Waals surface area contributed by atoms with Crippen molar-refractivity contribution in [2.24, 2.45) is 0 Å². The molecule has 4 nitrogen and oxygen atoms in total. The number of aryl methyl sites for hydroxylation is 1. The minimum atomic E-state index is -3.47. The number of ether oxygens (including phenoxy) is 1. The van der Waals surface area contributed by atoms with E-state index >= 15 is 0 Å². The van der Waals surface area contributed by atoms with E-state index in [2.05, 4.69) is 0 Å². The molecule has 0 aliphatic carbocycles. The summed E-state index contributed by atoms with van der Waals surface area (Å²) in [6.07, 6.45) is -0.299. The zero-order valence-electron chi connectivity index (χ0n) is 10.8. The molecule has 0 radical (unpaired) electrons. The minimum Gasteiger partial charge on any atom is -0.462 e. The molecule has 0 bridgehead atoms. The first-order chi connectivity index (χ1) is 8.28. The Morgan fingerprint density at radius 1 is 1.33 bits per heavy atom. The number of benzene rings is 1. The molecule has 0 fully saturated rings. The maximum Gasteiger partial charge on any atom is 0.321 e. The Kier molecular flexibility index (Phi) is 4.90. The van der Waals surface area contributed by atoms with Crippen LogP contribution >= 0.6 is 0 Å². The van der Waals surface area contributed by atoms with Gasteiger partial charge in [-0.1, -0.05) is 29.8 Å². The van der Waals surface area contributed by atoms with Crippen molar-refractivity contribution in [3.63, 3.8) is 0 Å². The van der Waals surface area contributed by atoms with Gasteiger partial charge in [0.1, 0.15) is 5.75 Å². The highest BCUT2D eigenvalue weighted by Crippen LogP contribution is 2.09. The van der Waals surface area contributed by atoms with E-state index in [0.29, 0.717) is 5.56 Å². The number of rotatable bonds is 5. The van der Waals surface area contributed by atoms with Gasteiger partial charge in [0, 0.05) is 0 Å². The number of hydrogen-bond donors (Lipinski definition) is 0. The van der Waals surface area contributed by atoms with Crippen molar-refractivity contribution >= 4 is 15.8 Å². The standard InChI is InChI=1S/C13H18O4S/c1-10(2)17-13(14)9-18(15,16)8-12-6-4-5-11(3)7-12/h4-7,10H,8-9H2,1-3H3. The van der Waals surface area contributed by atoms with Gasteiger partial charge in [-0.2, -0.15) is 0 Å². The highest BCUT2D eigenvalue weighted by atomic mass is 32.2. The lowest BCUT2D eigenvalue weighted by atomic mass is 10.2. The molecule has 0 saturated carbocycles. The second kappa shape index (κ2) is 6.00. The number of sulfone groups is 1. The fraction of sp³-hybridized carbons (Fsp3) is 0.462. The summed E-state index contributed by atoms with van der Waals surface area (Å²) in [6.45, 7) is 5.26. The Morgan fingerprint density at radius 2 is 2.00 bits per heavy atom. The third kappa shape index (κ3) is 5.31. The van der Waals surface area contributed by atoms with Crippen LogP contribution in [0.5, 0.6) is 0 Å². The van der Waals surface area contributed by atoms with Crippen LogP contribution in [-0.2, 0) is 25.1 Å². The molecule has 1 aromatic carbocycles. The maximum absolute atomic E-state index is 11.8. The lowest BCUT2D eigenvalue weighted by Crippen LogP contribution is -2.22. The second-order valence-corrected chi connectivity index (χ2v) is 6.62. The summed E-state index contributed by atoms with van der Waals surface area (Å²) in [5.41, 5.74) is 1.68. The zero-order chi connectivity index (χ0) is 13.8. The summed E-state index contributed by atoms with van der Waals surface area (Å²) in [5.74, 6) is -1.40. The molecule has 100 valence electrons. The van der Waals surface area contributed by atoms with Crippen LogP contribution in [-0.4, -0.2) is 26.2 Å². The van der Waals surface area contributed by atoms with Crippen molar-refractivity contribution in [2.45, 2.75) is 32.6 Å². The molecule has 0 aliphatic rings. The number of esters is 1. The molecule has 1 rings (SSSR count). The monoisotopic (exact) mass is 270 g/mol. The molecule has 0 unspecified atom stereocenters. The van der Waals surface area contributed by atoms with Gasteiger partial charge in [-0.05, 0) is 26.3 Å². The van der Waals surface area contributed by atoms with Gasteiger partial charge >= 0.3 is 5.97 Å². The van der Waals surface area contributed by atoms with Crippen LogP contribution in [0.4, 0.5) is 0 Å². The smallest absolute Gasteiger partial charge is 0.321 e. The fourth-order valence-corrected chi connectivity index (χ4v) is 2.80. The van der Waals surface area contributed by atoms with E-state index in [1.165, 1.54) is 0 Å². The van der Waals surface area contributed by atoms with E-state index in [1.807, 2.05) is 13.0 Å². The van der Waals surface area contributed by atoms with Gasteiger partial charge in [0.15, 0.2) is 9.84 Å². The lowest BCUT2D eigenvalue weighted by Gasteiger charge is -2.08. The second-order valence-electron chi connectivity index (χ2n) is 4.56. The van der Waals surface area contributed by atoms with Crippen LogP contribution in [0, 0.1) is 6.92 Å². The van der Waals surface area contributed by atoms with Crippen molar-refractivity contribution in [1.82, 2.24) is 0 Å². The Bertz CT molecular complexity index is 518. The molecule has 0 atom stereocenters. The zero-order valence-corrected chi connectivity index (χ0v) is 11.7. The van der Waals surface area contributed by atoms with E-state index in [-0.39, 0.29) is 11.9 Å². The first kappa shape index (κ1) is 14.7. The van der Waals surface area contributed by atoms with E-state index in [4.69, 9.17) is 4.74 Å². The third-order valence-electron chi connectivity index (χ3n) is 2.17. The SMILES string of the molecule is Cc1cccc(CS(=O)(=O)CC(=O)OC(C)C)c1. The van der Waals surface area contributed by atoms with Crippen LogP contribution in [0.15, 0.2) is 24.3 Å². The molecule has 0 aromatic heterocycles. The highest BCUT2D eigenvalue weighted by Gasteiger charge is 2.19. The van der Waals surface area contributed by atoms with E-state index in [1.54, 1.807) is 32.0 Å². The quantitative estimate of drug-likeness (QED) is 0.766. The Labute approximate surface area is 108 Å². The molecule has 0 spiro atoms. The van der Waals surface area contributed by atoms with Crippen LogP contribution in [0.3, 0.4) is 0 Å². The third-order valence-corrected chi connectivity index (χ3v) is 3.62. The molecule has 0 heterocycles. The van der Waals surface area contributed by atoms with Crippen molar-refractivity contribution in [2.75, 3.05) is 5.75 Å². The molecule has 1 aromatic rings. The summed E-state index contributed by atoms with van der Waals surface area (Å²) in [6, 6.07) is 7.22. The average molecular weight is 270 g/mol. The summed E-state index contributed by atoms with van der Waals surface area (Å²) in [7, 11) is -3.47. The molecule has 0 amide bonds. The summed E-state index contributed by atoms with van der Waals surface area (Å²) >= 11 is 0. The first-order valence-electron chi connectivity index (χ1n) is 5.74. The Hall–Kier alpha value is -1.36. The maximum atomic E-state index is 11.8. The Balaban J connectivity index is 2.68. The van der Waals surface area contributed by atoms with Crippen LogP contribution in [0.1, 0.15) is 25.0 Å². The van der Waals surface area contributed by atoms with E-state index in [0.717, 1.165) is 5.56 Å². The molecule has 0 saturated heterocycles. The first-order valence-corrected chi connectivity index (χ1v) is 7.56. The summed E-state index contributed by atoms with van der Waals surface area (Å²) in [4.78, 5) is 11.3. The molecular weight excluding hydrogens is 252 g/mol. The normalized spacial score (nSPS) is 11.6. The summed E-state index contributed by atoms with van der Waals surface area (Å²) in [5, 5.41) is 0. The van der Waals surface area contributed by atoms with Crippen molar-refractivity contribution in [3.05, 3.63) is 35.4 Å². The van der Waals surface area contributed by atoms with Crippen LogP contribution in [0.2, 0.25) is 0 Å². The molecular formula is C13H18O4S. The van der Waals surface area contributed by atoms with E-state index < -0.39 is 21.6 Å². The van der Waals surface area contributed by atoms with Crippen molar-refractivity contribution < 1.29 is 17.9 Å². The Morgan fingerprint density at radius 3 is 2.56 bits per heavy atom. The van der Waals surface area contributed by atoms with Crippen LogP contribution in [0.25, 0.3) is 0 Å². The van der Waals surface area contributed by atoms with Gasteiger partial charge in [-0.15, -0.1) is 0 Å². The van der Waals surface area contributed by atoms with Crippen LogP contribution < -0.4 is 0 Å². The van der Waals surface area contributed by atoms with Crippen molar-refractivity contribution in [3.8, 4) is 0 Å². The van der Waals surface area contributed by atoms with Gasteiger partial charge in [0.25, 0.3) is 0 Å². The van der Waals surface area contributed by atoms with Gasteiger partial charge in [0.2, 0.25) is 0 Å². The highest BCUT2D eigenvalue weighted by molar-refractivity contribution is 7.91. The predicted octanol–water partition coefficient (Wildman–Crippen LogP) is 1.86. The van der Waals surface area contributed by atoms with Gasteiger partial charge in [0.05, 0.1) is 11.9 Å². The van der Waals surface area contributed by atoms with Gasteiger partial charge in [-0.25, -0.2) is 8.42 Å². The van der Waals surface area contributed by atoms with Gasteiger partial charge in [-0.3, -0.25) is 4.79 Å². The molecule has 0 aliphatic heterocycles. The van der Waals surface area contributed by atoms with Gasteiger partial charge < -0.3 is 4.74 Å². The predicted molar refractivity (Wildman–Crippen MR) is 69.9 cm³/mol. The number of hydrogen-bond acceptors (Lipinski definition) is 4. The summed E-state index contributed by atoms with van der Waals surface area (Å²) < 4.78 is 28.4. The van der Waals surface area contributed by atoms with E-state index in [9.17, 15) is 13.2 Å². The molecule has 5 heteroatoms. The fourth-order valence-electron chi connectivity index (χ4n) is 1.58. The largest absolute Gasteiger partial charge is 0.462 e. The van der Waals surface area contributed by atoms with Crippen molar-refractivity contribution in [1.29, 1.82) is 0 Å².